The molecular weight excluding hydrogens is 282 g/mol. The lowest BCUT2D eigenvalue weighted by atomic mass is 10.1. The van der Waals surface area contributed by atoms with E-state index in [0.717, 1.165) is 4.88 Å². The van der Waals surface area contributed by atoms with Crippen LogP contribution >= 0.6 is 11.3 Å². The zero-order valence-electron chi connectivity index (χ0n) is 11.0. The van der Waals surface area contributed by atoms with Crippen LogP contribution in [0, 0.1) is 0 Å². The third-order valence-electron chi connectivity index (χ3n) is 2.60. The van der Waals surface area contributed by atoms with Crippen LogP contribution < -0.4 is 16.4 Å². The minimum atomic E-state index is -1.20. The fourth-order valence-electron chi connectivity index (χ4n) is 1.55. The Kier molecular flexibility index (Phi) is 5.98. The maximum absolute atomic E-state index is 11.7. The van der Waals surface area contributed by atoms with E-state index in [1.165, 1.54) is 11.3 Å². The third kappa shape index (κ3) is 5.27. The number of nitrogens with two attached hydrogens (primary N) is 1. The number of amides is 3. The minimum Gasteiger partial charge on any atom is -0.480 e. The summed E-state index contributed by atoms with van der Waals surface area (Å²) in [6, 6.07) is 1.78. The molecule has 0 spiro atoms. The van der Waals surface area contributed by atoms with Crippen molar-refractivity contribution in [2.45, 2.75) is 31.8 Å². The molecule has 0 saturated heterocycles. The van der Waals surface area contributed by atoms with Crippen LogP contribution in [0.3, 0.4) is 0 Å². The van der Waals surface area contributed by atoms with Gasteiger partial charge in [-0.05, 0) is 24.8 Å². The van der Waals surface area contributed by atoms with Gasteiger partial charge in [0.15, 0.2) is 0 Å². The Hall–Kier alpha value is -2.09. The standard InChI is InChI=1S/C12H17N3O4S/c1-7(9-3-2-6-20-9)14-12(19)15-8(11(17)18)4-5-10(13)16/h2-3,6-8H,4-5H2,1H3,(H2,13,16)(H,17,18)(H2,14,15,19)/t7?,8-/m0/s1. The monoisotopic (exact) mass is 299 g/mol. The van der Waals surface area contributed by atoms with Crippen molar-refractivity contribution >= 4 is 29.2 Å². The van der Waals surface area contributed by atoms with E-state index in [2.05, 4.69) is 10.6 Å². The zero-order chi connectivity index (χ0) is 15.1. The SMILES string of the molecule is CC(NC(=O)N[C@@H](CCC(N)=O)C(=O)O)c1cccs1. The van der Waals surface area contributed by atoms with Crippen LogP contribution in [0.25, 0.3) is 0 Å². The number of carbonyl (C=O) groups is 3. The molecule has 1 heterocycles. The molecule has 0 radical (unpaired) electrons. The summed E-state index contributed by atoms with van der Waals surface area (Å²) in [5, 5.41) is 15.8. The molecule has 0 aliphatic carbocycles. The Balaban J connectivity index is 2.49. The molecule has 0 fully saturated rings. The predicted molar refractivity (Wildman–Crippen MR) is 74.3 cm³/mol. The maximum Gasteiger partial charge on any atom is 0.326 e. The quantitative estimate of drug-likeness (QED) is 0.595. The molecule has 5 N–H and O–H groups in total. The summed E-state index contributed by atoms with van der Waals surface area (Å²) in [7, 11) is 0. The van der Waals surface area contributed by atoms with Crippen LogP contribution in [0.1, 0.15) is 30.7 Å². The van der Waals surface area contributed by atoms with Crippen LogP contribution in [0.2, 0.25) is 0 Å². The van der Waals surface area contributed by atoms with Gasteiger partial charge in [0, 0.05) is 11.3 Å². The largest absolute Gasteiger partial charge is 0.480 e. The van der Waals surface area contributed by atoms with Gasteiger partial charge in [-0.2, -0.15) is 0 Å². The summed E-state index contributed by atoms with van der Waals surface area (Å²) >= 11 is 1.49. The molecule has 1 unspecified atom stereocenters. The second kappa shape index (κ2) is 7.49. The first-order valence-corrected chi connectivity index (χ1v) is 6.89. The van der Waals surface area contributed by atoms with Crippen LogP contribution in [0.5, 0.6) is 0 Å². The highest BCUT2D eigenvalue weighted by Crippen LogP contribution is 2.17. The number of nitrogens with one attached hydrogen (secondary N) is 2. The van der Waals surface area contributed by atoms with Crippen molar-refractivity contribution in [1.29, 1.82) is 0 Å². The van der Waals surface area contributed by atoms with Crippen LogP contribution in [0.4, 0.5) is 4.79 Å². The molecule has 20 heavy (non-hydrogen) atoms. The van der Waals surface area contributed by atoms with E-state index in [1.807, 2.05) is 17.5 Å². The average Bonchev–Trinajstić information content (AvgIpc) is 2.87. The van der Waals surface area contributed by atoms with Crippen LogP contribution in [-0.2, 0) is 9.59 Å². The second-order valence-corrected chi connectivity index (χ2v) is 5.23. The summed E-state index contributed by atoms with van der Waals surface area (Å²) in [5.41, 5.74) is 4.96. The first-order chi connectivity index (χ1) is 9.40. The number of primary amides is 1. The highest BCUT2D eigenvalue weighted by atomic mass is 32.1. The topological polar surface area (TPSA) is 122 Å². The van der Waals surface area contributed by atoms with E-state index < -0.39 is 23.9 Å². The number of hydrogen-bond acceptors (Lipinski definition) is 4. The Morgan fingerprint density at radius 2 is 2.10 bits per heavy atom. The van der Waals surface area contributed by atoms with Crippen molar-refractivity contribution < 1.29 is 19.5 Å². The van der Waals surface area contributed by atoms with Gasteiger partial charge in [0.25, 0.3) is 0 Å². The van der Waals surface area contributed by atoms with Crippen LogP contribution in [-0.4, -0.2) is 29.1 Å². The summed E-state index contributed by atoms with van der Waals surface area (Å²) in [6.07, 6.45) is -0.136. The highest BCUT2D eigenvalue weighted by Gasteiger charge is 2.21. The number of carbonyl (C=O) groups excluding carboxylic acids is 2. The lowest BCUT2D eigenvalue weighted by molar-refractivity contribution is -0.139. The Morgan fingerprint density at radius 1 is 1.40 bits per heavy atom. The molecular formula is C12H17N3O4S. The number of carboxylic acid groups (broad SMARTS) is 1. The van der Waals surface area contributed by atoms with Crippen molar-refractivity contribution in [3.05, 3.63) is 22.4 Å². The van der Waals surface area contributed by atoms with Crippen molar-refractivity contribution in [1.82, 2.24) is 10.6 Å². The fraction of sp³-hybridized carbons (Fsp3) is 0.417. The number of aliphatic carboxylic acids is 1. The first kappa shape index (κ1) is 16.0. The number of hydrogen-bond donors (Lipinski definition) is 4. The van der Waals surface area contributed by atoms with Gasteiger partial charge in [-0.1, -0.05) is 6.07 Å². The van der Waals surface area contributed by atoms with E-state index in [1.54, 1.807) is 6.92 Å². The third-order valence-corrected chi connectivity index (χ3v) is 3.66. The molecule has 0 aliphatic heterocycles. The number of urea groups is 1. The van der Waals surface area contributed by atoms with Gasteiger partial charge < -0.3 is 21.5 Å². The van der Waals surface area contributed by atoms with Crippen molar-refractivity contribution in [3.8, 4) is 0 Å². The summed E-state index contributed by atoms with van der Waals surface area (Å²) in [4.78, 5) is 34.3. The fourth-order valence-corrected chi connectivity index (χ4v) is 2.28. The second-order valence-electron chi connectivity index (χ2n) is 4.25. The molecule has 0 bridgehead atoms. The molecule has 7 nitrogen and oxygen atoms in total. The molecule has 1 rings (SSSR count). The molecule has 1 aromatic heterocycles. The maximum atomic E-state index is 11.7. The summed E-state index contributed by atoms with van der Waals surface area (Å²) in [5.74, 6) is -1.81. The Labute approximate surface area is 120 Å². The van der Waals surface area contributed by atoms with Gasteiger partial charge >= 0.3 is 12.0 Å². The van der Waals surface area contributed by atoms with E-state index in [9.17, 15) is 14.4 Å². The smallest absolute Gasteiger partial charge is 0.326 e. The predicted octanol–water partition coefficient (Wildman–Crippen LogP) is 0.827. The van der Waals surface area contributed by atoms with Gasteiger partial charge in [0.05, 0.1) is 6.04 Å². The number of thiophene rings is 1. The zero-order valence-corrected chi connectivity index (χ0v) is 11.8. The van der Waals surface area contributed by atoms with Gasteiger partial charge in [-0.3, -0.25) is 4.79 Å². The van der Waals surface area contributed by atoms with E-state index in [0.29, 0.717) is 0 Å². The summed E-state index contributed by atoms with van der Waals surface area (Å²) < 4.78 is 0. The number of carboxylic acids is 1. The molecule has 0 aromatic carbocycles. The molecule has 0 saturated carbocycles. The minimum absolute atomic E-state index is 0.0362. The number of rotatable bonds is 7. The van der Waals surface area contributed by atoms with Crippen molar-refractivity contribution in [2.24, 2.45) is 5.73 Å². The van der Waals surface area contributed by atoms with E-state index >= 15 is 0 Å². The van der Waals surface area contributed by atoms with Crippen molar-refractivity contribution in [2.75, 3.05) is 0 Å². The highest BCUT2D eigenvalue weighted by molar-refractivity contribution is 7.10. The van der Waals surface area contributed by atoms with E-state index in [-0.39, 0.29) is 18.9 Å². The molecule has 110 valence electrons. The van der Waals surface area contributed by atoms with Gasteiger partial charge in [0.1, 0.15) is 6.04 Å². The Morgan fingerprint density at radius 3 is 2.60 bits per heavy atom. The van der Waals surface area contributed by atoms with Gasteiger partial charge in [-0.25, -0.2) is 9.59 Å². The lowest BCUT2D eigenvalue weighted by Gasteiger charge is -2.17. The molecule has 3 amide bonds. The first-order valence-electron chi connectivity index (χ1n) is 6.01. The molecule has 8 heteroatoms. The molecule has 0 aliphatic rings. The molecule has 2 atom stereocenters. The van der Waals surface area contributed by atoms with E-state index in [4.69, 9.17) is 10.8 Å². The lowest BCUT2D eigenvalue weighted by Crippen LogP contribution is -2.46. The normalized spacial score (nSPS) is 13.2. The van der Waals surface area contributed by atoms with Crippen LogP contribution in [0.15, 0.2) is 17.5 Å². The van der Waals surface area contributed by atoms with Gasteiger partial charge in [0.2, 0.25) is 5.91 Å². The molecule has 1 aromatic rings. The average molecular weight is 299 g/mol. The van der Waals surface area contributed by atoms with Gasteiger partial charge in [-0.15, -0.1) is 11.3 Å². The summed E-state index contributed by atoms with van der Waals surface area (Å²) in [6.45, 7) is 1.80. The van der Waals surface area contributed by atoms with Crippen molar-refractivity contribution in [3.63, 3.8) is 0 Å². The Bertz CT molecular complexity index is 475.